The standard InChI is InChI=1S/C12H9NO.ClH/c14-9-10-2-1-3-12(8-10)11-4-6-13-7-5-11;/h1-9H;1H. The lowest BCUT2D eigenvalue weighted by Crippen LogP contribution is -1.82. The average Bonchev–Trinajstić information content (AvgIpc) is 2.30. The lowest BCUT2D eigenvalue weighted by atomic mass is 10.1. The van der Waals surface area contributed by atoms with Gasteiger partial charge in [0.2, 0.25) is 0 Å². The minimum absolute atomic E-state index is 0. The first kappa shape index (κ1) is 11.4. The molecule has 0 fully saturated rings. The largest absolute Gasteiger partial charge is 0.298 e. The van der Waals surface area contributed by atoms with Gasteiger partial charge in [-0.3, -0.25) is 9.78 Å². The quantitative estimate of drug-likeness (QED) is 0.727. The number of pyridine rings is 1. The Labute approximate surface area is 94.4 Å². The van der Waals surface area contributed by atoms with Crippen LogP contribution in [0.4, 0.5) is 0 Å². The third kappa shape index (κ3) is 2.64. The monoisotopic (exact) mass is 219 g/mol. The van der Waals surface area contributed by atoms with Crippen LogP contribution in [0.15, 0.2) is 48.8 Å². The molecular formula is C12H10ClNO. The molecule has 0 atom stereocenters. The Hall–Kier alpha value is -1.67. The van der Waals surface area contributed by atoms with E-state index in [4.69, 9.17) is 0 Å². The Morgan fingerprint density at radius 3 is 2.40 bits per heavy atom. The van der Waals surface area contributed by atoms with Crippen LogP contribution in [-0.4, -0.2) is 11.3 Å². The fraction of sp³-hybridized carbons (Fsp3) is 0. The molecule has 2 rings (SSSR count). The molecule has 1 heterocycles. The van der Waals surface area contributed by atoms with E-state index in [2.05, 4.69) is 4.98 Å². The molecule has 0 amide bonds. The number of carbonyl (C=O) groups excluding carboxylic acids is 1. The minimum Gasteiger partial charge on any atom is -0.298 e. The van der Waals surface area contributed by atoms with E-state index in [0.29, 0.717) is 5.56 Å². The van der Waals surface area contributed by atoms with E-state index in [1.807, 2.05) is 30.3 Å². The van der Waals surface area contributed by atoms with Gasteiger partial charge in [-0.15, -0.1) is 12.4 Å². The minimum atomic E-state index is 0. The highest BCUT2D eigenvalue weighted by atomic mass is 35.5. The summed E-state index contributed by atoms with van der Waals surface area (Å²) in [7, 11) is 0. The lowest BCUT2D eigenvalue weighted by molar-refractivity contribution is 0.112. The van der Waals surface area contributed by atoms with Gasteiger partial charge in [0.1, 0.15) is 6.29 Å². The van der Waals surface area contributed by atoms with Crippen LogP contribution in [0.25, 0.3) is 11.1 Å². The summed E-state index contributed by atoms with van der Waals surface area (Å²) in [6.07, 6.45) is 4.33. The maximum atomic E-state index is 10.6. The summed E-state index contributed by atoms with van der Waals surface area (Å²) >= 11 is 0. The highest BCUT2D eigenvalue weighted by Crippen LogP contribution is 2.18. The highest BCUT2D eigenvalue weighted by Gasteiger charge is 1.97. The van der Waals surface area contributed by atoms with Crippen molar-refractivity contribution in [2.45, 2.75) is 0 Å². The van der Waals surface area contributed by atoms with Crippen molar-refractivity contribution in [3.05, 3.63) is 54.4 Å². The van der Waals surface area contributed by atoms with Crippen molar-refractivity contribution in [3.8, 4) is 11.1 Å². The number of aromatic nitrogens is 1. The summed E-state index contributed by atoms with van der Waals surface area (Å²) in [5.41, 5.74) is 2.81. The normalized spacial score (nSPS) is 9.07. The fourth-order valence-electron chi connectivity index (χ4n) is 1.34. The van der Waals surface area contributed by atoms with Gasteiger partial charge in [0.05, 0.1) is 0 Å². The Morgan fingerprint density at radius 2 is 1.73 bits per heavy atom. The first-order valence-electron chi connectivity index (χ1n) is 4.36. The lowest BCUT2D eigenvalue weighted by Gasteiger charge is -2.00. The van der Waals surface area contributed by atoms with Crippen molar-refractivity contribution in [3.63, 3.8) is 0 Å². The maximum Gasteiger partial charge on any atom is 0.150 e. The van der Waals surface area contributed by atoms with Gasteiger partial charge in [-0.2, -0.15) is 0 Å². The molecule has 1 aromatic carbocycles. The molecule has 0 aliphatic heterocycles. The van der Waals surface area contributed by atoms with Crippen molar-refractivity contribution < 1.29 is 4.79 Å². The molecular weight excluding hydrogens is 210 g/mol. The van der Waals surface area contributed by atoms with Crippen LogP contribution >= 0.6 is 12.4 Å². The van der Waals surface area contributed by atoms with Gasteiger partial charge in [-0.05, 0) is 29.3 Å². The third-order valence-electron chi connectivity index (χ3n) is 2.04. The summed E-state index contributed by atoms with van der Waals surface area (Å²) in [6, 6.07) is 11.3. The first-order valence-corrected chi connectivity index (χ1v) is 4.36. The maximum absolute atomic E-state index is 10.6. The van der Waals surface area contributed by atoms with Crippen molar-refractivity contribution in [1.82, 2.24) is 4.98 Å². The van der Waals surface area contributed by atoms with E-state index < -0.39 is 0 Å². The Kier molecular flexibility index (Phi) is 4.01. The molecule has 0 aliphatic rings. The van der Waals surface area contributed by atoms with E-state index >= 15 is 0 Å². The number of nitrogens with zero attached hydrogens (tertiary/aromatic N) is 1. The summed E-state index contributed by atoms with van der Waals surface area (Å²) in [6.45, 7) is 0. The smallest absolute Gasteiger partial charge is 0.150 e. The second-order valence-electron chi connectivity index (χ2n) is 2.98. The summed E-state index contributed by atoms with van der Waals surface area (Å²) in [5, 5.41) is 0. The second-order valence-corrected chi connectivity index (χ2v) is 2.98. The van der Waals surface area contributed by atoms with Crippen LogP contribution in [0, 0.1) is 0 Å². The SMILES string of the molecule is Cl.O=Cc1cccc(-c2ccncc2)c1. The molecule has 0 saturated carbocycles. The average molecular weight is 220 g/mol. The highest BCUT2D eigenvalue weighted by molar-refractivity contribution is 5.85. The number of halogens is 1. The van der Waals surface area contributed by atoms with Crippen LogP contribution in [-0.2, 0) is 0 Å². The van der Waals surface area contributed by atoms with Crippen LogP contribution in [0.2, 0.25) is 0 Å². The van der Waals surface area contributed by atoms with E-state index in [0.717, 1.165) is 17.4 Å². The predicted octanol–water partition coefficient (Wildman–Crippen LogP) is 2.98. The zero-order valence-corrected chi connectivity index (χ0v) is 8.78. The summed E-state index contributed by atoms with van der Waals surface area (Å²) in [4.78, 5) is 14.5. The molecule has 0 saturated heterocycles. The van der Waals surface area contributed by atoms with Crippen LogP contribution < -0.4 is 0 Å². The van der Waals surface area contributed by atoms with E-state index in [1.54, 1.807) is 18.5 Å². The predicted molar refractivity (Wildman–Crippen MR) is 62.3 cm³/mol. The van der Waals surface area contributed by atoms with Gasteiger partial charge in [0, 0.05) is 18.0 Å². The topological polar surface area (TPSA) is 30.0 Å². The van der Waals surface area contributed by atoms with E-state index in [-0.39, 0.29) is 12.4 Å². The van der Waals surface area contributed by atoms with E-state index in [1.165, 1.54) is 0 Å². The number of rotatable bonds is 2. The zero-order chi connectivity index (χ0) is 9.80. The number of benzene rings is 1. The molecule has 0 bridgehead atoms. The van der Waals surface area contributed by atoms with Gasteiger partial charge in [-0.25, -0.2) is 0 Å². The van der Waals surface area contributed by atoms with Gasteiger partial charge in [0.15, 0.2) is 0 Å². The molecule has 0 radical (unpaired) electrons. The van der Waals surface area contributed by atoms with Gasteiger partial charge < -0.3 is 0 Å². The fourth-order valence-corrected chi connectivity index (χ4v) is 1.34. The molecule has 2 nitrogen and oxygen atoms in total. The first-order chi connectivity index (χ1) is 6.90. The number of hydrogen-bond acceptors (Lipinski definition) is 2. The molecule has 0 unspecified atom stereocenters. The van der Waals surface area contributed by atoms with Gasteiger partial charge >= 0.3 is 0 Å². The molecule has 2 aromatic rings. The van der Waals surface area contributed by atoms with E-state index in [9.17, 15) is 4.79 Å². The molecule has 1 aromatic heterocycles. The van der Waals surface area contributed by atoms with Crippen LogP contribution in [0.3, 0.4) is 0 Å². The Balaban J connectivity index is 0.00000112. The zero-order valence-electron chi connectivity index (χ0n) is 7.96. The molecule has 3 heteroatoms. The molecule has 0 N–H and O–H groups in total. The van der Waals surface area contributed by atoms with Crippen molar-refractivity contribution in [1.29, 1.82) is 0 Å². The number of carbonyl (C=O) groups is 1. The van der Waals surface area contributed by atoms with Crippen molar-refractivity contribution >= 4 is 18.7 Å². The second kappa shape index (κ2) is 5.27. The summed E-state index contributed by atoms with van der Waals surface area (Å²) < 4.78 is 0. The van der Waals surface area contributed by atoms with Crippen LogP contribution in [0.1, 0.15) is 10.4 Å². The van der Waals surface area contributed by atoms with Gasteiger partial charge in [0.25, 0.3) is 0 Å². The van der Waals surface area contributed by atoms with Gasteiger partial charge in [-0.1, -0.05) is 18.2 Å². The molecule has 76 valence electrons. The van der Waals surface area contributed by atoms with Crippen LogP contribution in [0.5, 0.6) is 0 Å². The Morgan fingerprint density at radius 1 is 1.00 bits per heavy atom. The third-order valence-corrected chi connectivity index (χ3v) is 2.04. The Bertz CT molecular complexity index is 442. The molecule has 15 heavy (non-hydrogen) atoms. The number of hydrogen-bond donors (Lipinski definition) is 0. The molecule has 0 spiro atoms. The van der Waals surface area contributed by atoms with Crippen molar-refractivity contribution in [2.75, 3.05) is 0 Å². The number of aldehydes is 1. The molecule has 0 aliphatic carbocycles. The van der Waals surface area contributed by atoms with Crippen molar-refractivity contribution in [2.24, 2.45) is 0 Å². The summed E-state index contributed by atoms with van der Waals surface area (Å²) in [5.74, 6) is 0.